The number of anilines is 1. The van der Waals surface area contributed by atoms with Gasteiger partial charge in [0.15, 0.2) is 5.78 Å². The summed E-state index contributed by atoms with van der Waals surface area (Å²) in [5.41, 5.74) is 2.31. The molecule has 0 atom stereocenters. The van der Waals surface area contributed by atoms with E-state index in [1.54, 1.807) is 24.3 Å². The highest BCUT2D eigenvalue weighted by Crippen LogP contribution is 2.21. The molecule has 0 spiro atoms. The summed E-state index contributed by atoms with van der Waals surface area (Å²) in [6.07, 6.45) is 1.90. The van der Waals surface area contributed by atoms with Crippen LogP contribution in [-0.4, -0.2) is 16.3 Å². The van der Waals surface area contributed by atoms with E-state index in [0.717, 1.165) is 15.4 Å². The molecule has 0 aliphatic heterocycles. The van der Waals surface area contributed by atoms with Crippen molar-refractivity contribution in [3.05, 3.63) is 64.8 Å². The quantitative estimate of drug-likeness (QED) is 0.698. The monoisotopic (exact) mass is 370 g/mol. The second kappa shape index (κ2) is 6.38. The number of nitrogens with one attached hydrogen (secondary N) is 1. The van der Waals surface area contributed by atoms with Gasteiger partial charge in [-0.15, -0.1) is 0 Å². The fraction of sp³-hybridized carbons (Fsp3) is 0.111. The van der Waals surface area contributed by atoms with Gasteiger partial charge in [0, 0.05) is 27.4 Å². The highest BCUT2D eigenvalue weighted by atomic mass is 79.9. The van der Waals surface area contributed by atoms with Crippen molar-refractivity contribution in [2.24, 2.45) is 0 Å². The lowest BCUT2D eigenvalue weighted by molar-refractivity contribution is -0.116. The van der Waals surface area contributed by atoms with Gasteiger partial charge in [-0.25, -0.2) is 0 Å². The second-order valence-electron chi connectivity index (χ2n) is 5.33. The predicted octanol–water partition coefficient (Wildman–Crippen LogP) is 4.25. The molecule has 0 aliphatic carbocycles. The molecule has 116 valence electrons. The van der Waals surface area contributed by atoms with Crippen LogP contribution in [0.1, 0.15) is 17.3 Å². The molecule has 1 amide bonds. The van der Waals surface area contributed by atoms with Crippen LogP contribution in [0, 0.1) is 0 Å². The van der Waals surface area contributed by atoms with Crippen molar-refractivity contribution in [2.45, 2.75) is 13.5 Å². The average molecular weight is 371 g/mol. The molecule has 2 aromatic carbocycles. The third kappa shape index (κ3) is 3.51. The van der Waals surface area contributed by atoms with Gasteiger partial charge >= 0.3 is 0 Å². The summed E-state index contributed by atoms with van der Waals surface area (Å²) < 4.78 is 2.88. The number of rotatable bonds is 4. The van der Waals surface area contributed by atoms with Crippen LogP contribution in [0.2, 0.25) is 0 Å². The first kappa shape index (κ1) is 15.5. The Morgan fingerprint density at radius 3 is 2.52 bits per heavy atom. The molecular weight excluding hydrogens is 356 g/mol. The lowest BCUT2D eigenvalue weighted by atomic mass is 10.1. The Bertz CT molecular complexity index is 882. The molecule has 1 aromatic heterocycles. The second-order valence-corrected chi connectivity index (χ2v) is 6.24. The van der Waals surface area contributed by atoms with E-state index in [1.165, 1.54) is 6.92 Å². The Morgan fingerprint density at radius 2 is 1.83 bits per heavy atom. The topological polar surface area (TPSA) is 51.1 Å². The van der Waals surface area contributed by atoms with Gasteiger partial charge in [-0.2, -0.15) is 0 Å². The normalized spacial score (nSPS) is 10.7. The minimum Gasteiger partial charge on any atom is -0.338 e. The molecular formula is C18H15BrN2O2. The molecule has 4 nitrogen and oxygen atoms in total. The van der Waals surface area contributed by atoms with Gasteiger partial charge in [-0.3, -0.25) is 9.59 Å². The third-order valence-corrected chi connectivity index (χ3v) is 4.12. The fourth-order valence-electron chi connectivity index (χ4n) is 2.44. The molecule has 0 saturated heterocycles. The molecule has 1 heterocycles. The first-order chi connectivity index (χ1) is 11.0. The van der Waals surface area contributed by atoms with Gasteiger partial charge in [0.25, 0.3) is 0 Å². The zero-order chi connectivity index (χ0) is 16.4. The van der Waals surface area contributed by atoms with Crippen molar-refractivity contribution >= 4 is 44.2 Å². The van der Waals surface area contributed by atoms with Crippen LogP contribution in [0.15, 0.2) is 59.2 Å². The predicted molar refractivity (Wildman–Crippen MR) is 94.7 cm³/mol. The maximum atomic E-state index is 12.2. The number of hydrogen-bond donors (Lipinski definition) is 1. The van der Waals surface area contributed by atoms with Gasteiger partial charge in [0.2, 0.25) is 5.91 Å². The zero-order valence-electron chi connectivity index (χ0n) is 12.5. The van der Waals surface area contributed by atoms with Gasteiger partial charge in [-0.1, -0.05) is 22.0 Å². The summed E-state index contributed by atoms with van der Waals surface area (Å²) in [7, 11) is 0. The van der Waals surface area contributed by atoms with Gasteiger partial charge in [0.1, 0.15) is 6.54 Å². The van der Waals surface area contributed by atoms with E-state index in [-0.39, 0.29) is 18.2 Å². The minimum atomic E-state index is -0.113. The van der Waals surface area contributed by atoms with Crippen molar-refractivity contribution in [2.75, 3.05) is 5.32 Å². The fourth-order valence-corrected chi connectivity index (χ4v) is 2.79. The van der Waals surface area contributed by atoms with Crippen LogP contribution in [0.4, 0.5) is 5.69 Å². The van der Waals surface area contributed by atoms with Crippen LogP contribution in [0.3, 0.4) is 0 Å². The summed E-state index contributed by atoms with van der Waals surface area (Å²) in [4.78, 5) is 23.5. The highest BCUT2D eigenvalue weighted by Gasteiger charge is 2.08. The Balaban J connectivity index is 1.73. The zero-order valence-corrected chi connectivity index (χ0v) is 14.1. The van der Waals surface area contributed by atoms with E-state index in [1.807, 2.05) is 35.0 Å². The lowest BCUT2D eigenvalue weighted by Gasteiger charge is -2.08. The number of amides is 1. The molecule has 3 rings (SSSR count). The number of carbonyl (C=O) groups excluding carboxylic acids is 2. The Hall–Kier alpha value is -2.40. The van der Waals surface area contributed by atoms with E-state index >= 15 is 0 Å². The number of aromatic nitrogens is 1. The number of Topliss-reactive ketones (excluding diaryl/α,β-unsaturated/α-hetero) is 1. The van der Waals surface area contributed by atoms with E-state index < -0.39 is 0 Å². The molecule has 0 aliphatic rings. The molecule has 0 radical (unpaired) electrons. The van der Waals surface area contributed by atoms with E-state index in [2.05, 4.69) is 21.2 Å². The number of fused-ring (bicyclic) bond motifs is 1. The first-order valence-electron chi connectivity index (χ1n) is 7.18. The third-order valence-electron chi connectivity index (χ3n) is 3.63. The smallest absolute Gasteiger partial charge is 0.244 e. The highest BCUT2D eigenvalue weighted by molar-refractivity contribution is 9.10. The van der Waals surface area contributed by atoms with Gasteiger partial charge < -0.3 is 9.88 Å². The van der Waals surface area contributed by atoms with Crippen molar-refractivity contribution in [1.29, 1.82) is 0 Å². The average Bonchev–Trinajstić information content (AvgIpc) is 2.90. The van der Waals surface area contributed by atoms with Crippen molar-refractivity contribution in [1.82, 2.24) is 4.57 Å². The van der Waals surface area contributed by atoms with Crippen molar-refractivity contribution in [3.63, 3.8) is 0 Å². The first-order valence-corrected chi connectivity index (χ1v) is 7.97. The number of halogens is 1. The number of hydrogen-bond acceptors (Lipinski definition) is 2. The molecule has 0 saturated carbocycles. The van der Waals surface area contributed by atoms with Crippen LogP contribution in [0.25, 0.3) is 10.9 Å². The minimum absolute atomic E-state index is 0.00673. The van der Waals surface area contributed by atoms with Crippen LogP contribution in [0.5, 0.6) is 0 Å². The van der Waals surface area contributed by atoms with Crippen LogP contribution >= 0.6 is 15.9 Å². The maximum Gasteiger partial charge on any atom is 0.244 e. The van der Waals surface area contributed by atoms with Gasteiger partial charge in [-0.05, 0) is 54.8 Å². The largest absolute Gasteiger partial charge is 0.338 e. The summed E-state index contributed by atoms with van der Waals surface area (Å²) in [5.74, 6) is -0.106. The number of ketones is 1. The number of nitrogens with zero attached hydrogens (tertiary/aromatic N) is 1. The summed E-state index contributed by atoms with van der Waals surface area (Å²) in [5, 5.41) is 3.93. The summed E-state index contributed by atoms with van der Waals surface area (Å²) >= 11 is 3.45. The molecule has 5 heteroatoms. The van der Waals surface area contributed by atoms with Crippen molar-refractivity contribution in [3.8, 4) is 0 Å². The van der Waals surface area contributed by atoms with Gasteiger partial charge in [0.05, 0.1) is 0 Å². The van der Waals surface area contributed by atoms with Crippen LogP contribution in [-0.2, 0) is 11.3 Å². The molecule has 0 fully saturated rings. The number of carbonyl (C=O) groups is 2. The van der Waals surface area contributed by atoms with Crippen LogP contribution < -0.4 is 5.32 Å². The Morgan fingerprint density at radius 1 is 1.09 bits per heavy atom. The summed E-state index contributed by atoms with van der Waals surface area (Å²) in [6, 6.07) is 14.8. The molecule has 3 aromatic rings. The summed E-state index contributed by atoms with van der Waals surface area (Å²) in [6.45, 7) is 1.75. The molecule has 23 heavy (non-hydrogen) atoms. The molecule has 1 N–H and O–H groups in total. The number of benzene rings is 2. The van der Waals surface area contributed by atoms with E-state index in [9.17, 15) is 9.59 Å². The van der Waals surface area contributed by atoms with Crippen molar-refractivity contribution < 1.29 is 9.59 Å². The Kier molecular flexibility index (Phi) is 4.30. The molecule has 0 bridgehead atoms. The standard InChI is InChI=1S/C18H15BrN2O2/c1-12(22)13-3-6-16(7-4-13)20-18(23)11-21-9-8-14-2-5-15(19)10-17(14)21/h2-10H,11H2,1H3,(H,20,23). The maximum absolute atomic E-state index is 12.2. The van der Waals surface area contributed by atoms with E-state index in [4.69, 9.17) is 0 Å². The lowest BCUT2D eigenvalue weighted by Crippen LogP contribution is -2.18. The SMILES string of the molecule is CC(=O)c1ccc(NC(=O)Cn2ccc3ccc(Br)cc32)cc1. The molecule has 0 unspecified atom stereocenters. The Labute approximate surface area is 142 Å². The van der Waals surface area contributed by atoms with E-state index in [0.29, 0.717) is 11.3 Å².